The van der Waals surface area contributed by atoms with Gasteiger partial charge in [0.05, 0.1) is 6.20 Å². The van der Waals surface area contributed by atoms with Crippen LogP contribution in [0.25, 0.3) is 11.3 Å². The van der Waals surface area contributed by atoms with Crippen LogP contribution in [0.1, 0.15) is 36.6 Å². The highest BCUT2D eigenvalue weighted by molar-refractivity contribution is 5.66. The number of ether oxygens (including phenoxy) is 1. The van der Waals surface area contributed by atoms with Crippen molar-refractivity contribution >= 4 is 0 Å². The van der Waals surface area contributed by atoms with Gasteiger partial charge in [-0.05, 0) is 44.2 Å². The fourth-order valence-electron chi connectivity index (χ4n) is 2.65. The molecule has 0 spiro atoms. The van der Waals surface area contributed by atoms with Crippen molar-refractivity contribution < 1.29 is 4.74 Å². The summed E-state index contributed by atoms with van der Waals surface area (Å²) < 4.78 is 5.71. The van der Waals surface area contributed by atoms with E-state index < -0.39 is 0 Å². The molecule has 1 fully saturated rings. The van der Waals surface area contributed by atoms with E-state index in [0.29, 0.717) is 0 Å². The molecule has 0 radical (unpaired) electrons. The van der Waals surface area contributed by atoms with Gasteiger partial charge in [-0.15, -0.1) is 0 Å². The summed E-state index contributed by atoms with van der Waals surface area (Å²) in [4.78, 5) is 1.72. The molecule has 3 rings (SSSR count). The molecule has 0 amide bonds. The lowest BCUT2D eigenvalue weighted by atomic mass is 10.0. The van der Waals surface area contributed by atoms with Gasteiger partial charge in [0.1, 0.15) is 5.69 Å². The Morgan fingerprint density at radius 3 is 2.68 bits per heavy atom. The fourth-order valence-corrected chi connectivity index (χ4v) is 2.65. The molecular formula is C15H19N3O. The molecule has 0 bridgehead atoms. The standard InChI is InChI=1S/C15H19N3O/c1-11-6-5-7-12(2)15(11)13-10-16-18(17-13)14-8-3-4-9-19-14/h5-7,10,14H,3-4,8-9H2,1-2H3. The maximum atomic E-state index is 5.71. The van der Waals surface area contributed by atoms with Crippen molar-refractivity contribution in [2.75, 3.05) is 6.61 Å². The van der Waals surface area contributed by atoms with Gasteiger partial charge < -0.3 is 4.74 Å². The number of nitrogens with zero attached hydrogens (tertiary/aromatic N) is 3. The van der Waals surface area contributed by atoms with Gasteiger partial charge in [-0.25, -0.2) is 0 Å². The summed E-state index contributed by atoms with van der Waals surface area (Å²) in [6.45, 7) is 5.03. The first-order chi connectivity index (χ1) is 9.25. The van der Waals surface area contributed by atoms with E-state index in [1.54, 1.807) is 4.80 Å². The van der Waals surface area contributed by atoms with Crippen LogP contribution in [0.5, 0.6) is 0 Å². The maximum absolute atomic E-state index is 5.71. The van der Waals surface area contributed by atoms with Crippen LogP contribution in [-0.2, 0) is 4.74 Å². The molecular weight excluding hydrogens is 238 g/mol. The van der Waals surface area contributed by atoms with Crippen LogP contribution >= 0.6 is 0 Å². The van der Waals surface area contributed by atoms with Crippen molar-refractivity contribution in [2.45, 2.75) is 39.3 Å². The third-order valence-electron chi connectivity index (χ3n) is 3.66. The second kappa shape index (κ2) is 5.13. The average molecular weight is 257 g/mol. The predicted molar refractivity (Wildman–Crippen MR) is 73.8 cm³/mol. The zero-order chi connectivity index (χ0) is 13.2. The van der Waals surface area contributed by atoms with E-state index in [-0.39, 0.29) is 6.23 Å². The number of hydrogen-bond donors (Lipinski definition) is 0. The average Bonchev–Trinajstić information content (AvgIpc) is 2.89. The molecule has 0 saturated carbocycles. The second-order valence-corrected chi connectivity index (χ2v) is 5.14. The Hall–Kier alpha value is -1.68. The van der Waals surface area contributed by atoms with Crippen molar-refractivity contribution in [1.29, 1.82) is 0 Å². The number of hydrogen-bond acceptors (Lipinski definition) is 3. The summed E-state index contributed by atoms with van der Waals surface area (Å²) in [6, 6.07) is 6.29. The van der Waals surface area contributed by atoms with Gasteiger partial charge in [-0.1, -0.05) is 18.2 Å². The first-order valence-corrected chi connectivity index (χ1v) is 6.86. The fraction of sp³-hybridized carbons (Fsp3) is 0.467. The zero-order valence-corrected chi connectivity index (χ0v) is 11.5. The summed E-state index contributed by atoms with van der Waals surface area (Å²) in [5.41, 5.74) is 4.59. The van der Waals surface area contributed by atoms with Gasteiger partial charge in [0.15, 0.2) is 6.23 Å². The van der Waals surface area contributed by atoms with Crippen molar-refractivity contribution in [3.63, 3.8) is 0 Å². The Balaban J connectivity index is 1.92. The Labute approximate surface area is 113 Å². The molecule has 4 heteroatoms. The number of rotatable bonds is 2. The highest BCUT2D eigenvalue weighted by Gasteiger charge is 2.18. The smallest absolute Gasteiger partial charge is 0.169 e. The van der Waals surface area contributed by atoms with Crippen LogP contribution in [0, 0.1) is 13.8 Å². The topological polar surface area (TPSA) is 39.9 Å². The molecule has 1 saturated heterocycles. The van der Waals surface area contributed by atoms with Crippen LogP contribution in [-0.4, -0.2) is 21.6 Å². The molecule has 0 aliphatic carbocycles. The summed E-state index contributed by atoms with van der Waals surface area (Å²) in [7, 11) is 0. The summed E-state index contributed by atoms with van der Waals surface area (Å²) in [5.74, 6) is 0. The molecule has 19 heavy (non-hydrogen) atoms. The van der Waals surface area contributed by atoms with Gasteiger partial charge >= 0.3 is 0 Å². The van der Waals surface area contributed by atoms with E-state index in [0.717, 1.165) is 25.1 Å². The molecule has 2 heterocycles. The van der Waals surface area contributed by atoms with Crippen LogP contribution in [0.15, 0.2) is 24.4 Å². The number of aromatic nitrogens is 3. The Morgan fingerprint density at radius 2 is 2.00 bits per heavy atom. The first-order valence-electron chi connectivity index (χ1n) is 6.86. The van der Waals surface area contributed by atoms with E-state index in [2.05, 4.69) is 42.2 Å². The lowest BCUT2D eigenvalue weighted by molar-refractivity contribution is -0.0479. The molecule has 1 aromatic carbocycles. The van der Waals surface area contributed by atoms with Crippen LogP contribution in [0.3, 0.4) is 0 Å². The van der Waals surface area contributed by atoms with Gasteiger partial charge in [0.25, 0.3) is 0 Å². The molecule has 1 atom stereocenters. The Morgan fingerprint density at radius 1 is 1.21 bits per heavy atom. The molecule has 4 nitrogen and oxygen atoms in total. The molecule has 1 unspecified atom stereocenters. The van der Waals surface area contributed by atoms with E-state index in [9.17, 15) is 0 Å². The largest absolute Gasteiger partial charge is 0.355 e. The number of aryl methyl sites for hydroxylation is 2. The SMILES string of the molecule is Cc1cccc(C)c1-c1cnn(C2CCCCO2)n1. The van der Waals surface area contributed by atoms with E-state index in [1.807, 2.05) is 6.20 Å². The third kappa shape index (κ3) is 2.40. The van der Waals surface area contributed by atoms with E-state index in [4.69, 9.17) is 4.74 Å². The zero-order valence-electron chi connectivity index (χ0n) is 11.5. The summed E-state index contributed by atoms with van der Waals surface area (Å²) in [5, 5.41) is 8.99. The molecule has 1 aliphatic heterocycles. The normalized spacial score (nSPS) is 19.6. The van der Waals surface area contributed by atoms with Crippen LogP contribution in [0.4, 0.5) is 0 Å². The minimum Gasteiger partial charge on any atom is -0.355 e. The summed E-state index contributed by atoms with van der Waals surface area (Å²) in [6.07, 6.45) is 5.17. The maximum Gasteiger partial charge on any atom is 0.169 e. The third-order valence-corrected chi connectivity index (χ3v) is 3.66. The summed E-state index contributed by atoms with van der Waals surface area (Å²) >= 11 is 0. The minimum atomic E-state index is 0.00632. The highest BCUT2D eigenvalue weighted by atomic mass is 16.5. The Bertz CT molecular complexity index is 550. The molecule has 2 aromatic rings. The second-order valence-electron chi connectivity index (χ2n) is 5.14. The first kappa shape index (κ1) is 12.4. The van der Waals surface area contributed by atoms with Gasteiger partial charge in [-0.2, -0.15) is 15.0 Å². The Kier molecular flexibility index (Phi) is 3.34. The van der Waals surface area contributed by atoms with Gasteiger partial charge in [0.2, 0.25) is 0 Å². The van der Waals surface area contributed by atoms with Gasteiger partial charge in [0, 0.05) is 12.2 Å². The molecule has 100 valence electrons. The molecule has 1 aromatic heterocycles. The van der Waals surface area contributed by atoms with Crippen molar-refractivity contribution in [2.24, 2.45) is 0 Å². The quantitative estimate of drug-likeness (QED) is 0.829. The predicted octanol–water partition coefficient (Wildman–Crippen LogP) is 3.26. The molecule has 1 aliphatic rings. The number of benzene rings is 1. The van der Waals surface area contributed by atoms with Gasteiger partial charge in [-0.3, -0.25) is 0 Å². The van der Waals surface area contributed by atoms with Crippen molar-refractivity contribution in [3.05, 3.63) is 35.5 Å². The lowest BCUT2D eigenvalue weighted by Crippen LogP contribution is -2.20. The van der Waals surface area contributed by atoms with E-state index in [1.165, 1.54) is 23.1 Å². The van der Waals surface area contributed by atoms with Crippen molar-refractivity contribution in [1.82, 2.24) is 15.0 Å². The van der Waals surface area contributed by atoms with Crippen molar-refractivity contribution in [3.8, 4) is 11.3 Å². The highest BCUT2D eigenvalue weighted by Crippen LogP contribution is 2.27. The lowest BCUT2D eigenvalue weighted by Gasteiger charge is -2.21. The van der Waals surface area contributed by atoms with Crippen LogP contribution in [0.2, 0.25) is 0 Å². The van der Waals surface area contributed by atoms with E-state index >= 15 is 0 Å². The minimum absolute atomic E-state index is 0.00632. The monoisotopic (exact) mass is 257 g/mol. The van der Waals surface area contributed by atoms with Crippen LogP contribution < -0.4 is 0 Å². The molecule has 0 N–H and O–H groups in total.